The van der Waals surface area contributed by atoms with E-state index in [2.05, 4.69) is 9.72 Å². The lowest BCUT2D eigenvalue weighted by molar-refractivity contribution is 0.0602. The molecule has 4 radical (unpaired) electrons. The predicted molar refractivity (Wildman–Crippen MR) is 46.4 cm³/mol. The van der Waals surface area contributed by atoms with Gasteiger partial charge >= 0.3 is 5.97 Å². The number of nitrogens with zero attached hydrogens (tertiary/aromatic N) is 1. The monoisotopic (exact) mass is 157 g/mol. The fourth-order valence-electron chi connectivity index (χ4n) is 0.768. The quantitative estimate of drug-likeness (QED) is 0.366. The number of carbonyl (C=O) groups is 1. The number of ether oxygens (including phenoxy) is 1. The Morgan fingerprint density at radius 2 is 2.25 bits per heavy atom. The van der Waals surface area contributed by atoms with E-state index in [1.54, 1.807) is 0 Å². The molecule has 0 aliphatic rings. The molecule has 0 spiro atoms. The van der Waals surface area contributed by atoms with Gasteiger partial charge in [0.05, 0.1) is 12.7 Å². The number of hydrogen-bond donors (Lipinski definition) is 0. The van der Waals surface area contributed by atoms with Crippen LogP contribution in [0.25, 0.3) is 0 Å². The standard InChI is InChI=1S/C7H5B2NO2/c1-12-7(11)4-3-10-6(9)2-5(4)8/h2-3H,1H3. The number of esters is 1. The van der Waals surface area contributed by atoms with Crippen molar-refractivity contribution in [2.24, 2.45) is 0 Å². The topological polar surface area (TPSA) is 39.2 Å². The van der Waals surface area contributed by atoms with Crippen molar-refractivity contribution in [1.82, 2.24) is 4.98 Å². The third-order valence-corrected chi connectivity index (χ3v) is 1.36. The molecule has 1 rings (SSSR count). The minimum atomic E-state index is -0.514. The van der Waals surface area contributed by atoms with Crippen LogP contribution in [-0.4, -0.2) is 33.8 Å². The van der Waals surface area contributed by atoms with Crippen LogP contribution in [0.4, 0.5) is 0 Å². The molecule has 1 aromatic rings. The summed E-state index contributed by atoms with van der Waals surface area (Å²) in [6, 6.07) is 1.41. The Kier molecular flexibility index (Phi) is 2.53. The van der Waals surface area contributed by atoms with Crippen molar-refractivity contribution in [3.8, 4) is 0 Å². The lowest BCUT2D eigenvalue weighted by Gasteiger charge is -2.03. The maximum atomic E-state index is 11.0. The molecule has 0 saturated carbocycles. The molecule has 56 valence electrons. The largest absolute Gasteiger partial charge is 0.465 e. The van der Waals surface area contributed by atoms with Crippen LogP contribution in [0.15, 0.2) is 12.3 Å². The van der Waals surface area contributed by atoms with Crippen molar-refractivity contribution in [2.75, 3.05) is 7.11 Å². The fourth-order valence-corrected chi connectivity index (χ4v) is 0.768. The van der Waals surface area contributed by atoms with Gasteiger partial charge in [-0.1, -0.05) is 11.5 Å². The SMILES string of the molecule is [B]c1cc([B])c(C(=O)OC)cn1. The molecule has 0 aromatic carbocycles. The molecule has 3 nitrogen and oxygen atoms in total. The predicted octanol–water partition coefficient (Wildman–Crippen LogP) is -1.54. The Labute approximate surface area is 73.0 Å². The molecule has 12 heavy (non-hydrogen) atoms. The maximum Gasteiger partial charge on any atom is 0.338 e. The van der Waals surface area contributed by atoms with Crippen LogP contribution >= 0.6 is 0 Å². The van der Waals surface area contributed by atoms with E-state index in [9.17, 15) is 4.79 Å². The highest BCUT2D eigenvalue weighted by molar-refractivity contribution is 6.39. The van der Waals surface area contributed by atoms with Crippen LogP contribution < -0.4 is 11.1 Å². The number of pyridine rings is 1. The average molecular weight is 157 g/mol. The highest BCUT2D eigenvalue weighted by Gasteiger charge is 2.07. The van der Waals surface area contributed by atoms with Crippen LogP contribution in [-0.2, 0) is 4.74 Å². The molecule has 0 aliphatic heterocycles. The van der Waals surface area contributed by atoms with Gasteiger partial charge in [0.1, 0.15) is 15.7 Å². The van der Waals surface area contributed by atoms with Gasteiger partial charge in [0.2, 0.25) is 0 Å². The second-order valence-electron chi connectivity index (χ2n) is 2.19. The fraction of sp³-hybridized carbons (Fsp3) is 0.143. The molecular weight excluding hydrogens is 152 g/mol. The minimum Gasteiger partial charge on any atom is -0.465 e. The van der Waals surface area contributed by atoms with E-state index in [4.69, 9.17) is 15.7 Å². The molecule has 1 heterocycles. The summed E-state index contributed by atoms with van der Waals surface area (Å²) >= 11 is 0. The minimum absolute atomic E-state index is 0.228. The van der Waals surface area contributed by atoms with Crippen molar-refractivity contribution >= 4 is 32.7 Å². The number of aromatic nitrogens is 1. The summed E-state index contributed by atoms with van der Waals surface area (Å²) in [7, 11) is 12.1. The Hall–Kier alpha value is -1.25. The molecule has 0 bridgehead atoms. The van der Waals surface area contributed by atoms with Gasteiger partial charge < -0.3 is 4.74 Å². The van der Waals surface area contributed by atoms with Crippen molar-refractivity contribution in [3.63, 3.8) is 0 Å². The Balaban J connectivity index is 3.09. The maximum absolute atomic E-state index is 11.0. The summed E-state index contributed by atoms with van der Waals surface area (Å²) in [5.41, 5.74) is 0.779. The number of methoxy groups -OCH3 is 1. The third kappa shape index (κ3) is 1.67. The van der Waals surface area contributed by atoms with Gasteiger partial charge in [-0.15, -0.1) is 0 Å². The molecule has 0 N–H and O–H groups in total. The van der Waals surface area contributed by atoms with Gasteiger partial charge in [0.25, 0.3) is 0 Å². The zero-order valence-electron chi connectivity index (χ0n) is 6.57. The summed E-state index contributed by atoms with van der Waals surface area (Å²) in [5, 5.41) is 0. The van der Waals surface area contributed by atoms with E-state index in [1.807, 2.05) is 0 Å². The van der Waals surface area contributed by atoms with Crippen LogP contribution in [0.3, 0.4) is 0 Å². The van der Waals surface area contributed by atoms with E-state index in [1.165, 1.54) is 19.4 Å². The van der Waals surface area contributed by atoms with Gasteiger partial charge in [-0.05, 0) is 5.59 Å². The Bertz CT molecular complexity index is 314. The van der Waals surface area contributed by atoms with E-state index in [0.717, 1.165) is 0 Å². The first kappa shape index (κ1) is 8.84. The first-order valence-corrected chi connectivity index (χ1v) is 3.24. The number of rotatable bonds is 1. The van der Waals surface area contributed by atoms with E-state index >= 15 is 0 Å². The molecule has 0 aliphatic carbocycles. The molecule has 0 amide bonds. The number of hydrogen-bond acceptors (Lipinski definition) is 3. The van der Waals surface area contributed by atoms with Crippen LogP contribution in [0.1, 0.15) is 10.4 Å². The summed E-state index contributed by atoms with van der Waals surface area (Å²) < 4.78 is 4.46. The van der Waals surface area contributed by atoms with E-state index in [-0.39, 0.29) is 16.6 Å². The van der Waals surface area contributed by atoms with Crippen molar-refractivity contribution in [2.45, 2.75) is 0 Å². The first-order valence-electron chi connectivity index (χ1n) is 3.24. The molecule has 0 fully saturated rings. The summed E-state index contributed by atoms with van der Waals surface area (Å²) in [6.07, 6.45) is 1.29. The summed E-state index contributed by atoms with van der Waals surface area (Å²) in [6.45, 7) is 0. The molecule has 0 saturated heterocycles. The Morgan fingerprint density at radius 3 is 2.75 bits per heavy atom. The van der Waals surface area contributed by atoms with Crippen molar-refractivity contribution < 1.29 is 9.53 Å². The third-order valence-electron chi connectivity index (χ3n) is 1.36. The van der Waals surface area contributed by atoms with Gasteiger partial charge in [0.15, 0.2) is 0 Å². The smallest absolute Gasteiger partial charge is 0.338 e. The van der Waals surface area contributed by atoms with Gasteiger partial charge in [-0.3, -0.25) is 4.98 Å². The molecule has 1 aromatic heterocycles. The van der Waals surface area contributed by atoms with Crippen LogP contribution in [0, 0.1) is 0 Å². The summed E-state index contributed by atoms with van der Waals surface area (Å²) in [4.78, 5) is 14.7. The van der Waals surface area contributed by atoms with Crippen LogP contribution in [0.5, 0.6) is 0 Å². The molecule has 0 unspecified atom stereocenters. The second kappa shape index (κ2) is 3.43. The van der Waals surface area contributed by atoms with Crippen molar-refractivity contribution in [3.05, 3.63) is 17.8 Å². The van der Waals surface area contributed by atoms with Gasteiger partial charge in [-0.25, -0.2) is 4.79 Å². The highest BCUT2D eigenvalue weighted by atomic mass is 16.5. The lowest BCUT2D eigenvalue weighted by Crippen LogP contribution is -2.24. The average Bonchev–Trinajstić information content (AvgIpc) is 2.03. The van der Waals surface area contributed by atoms with E-state index in [0.29, 0.717) is 0 Å². The zero-order chi connectivity index (χ0) is 9.14. The number of carbonyl (C=O) groups excluding carboxylic acids is 1. The second-order valence-corrected chi connectivity index (χ2v) is 2.19. The van der Waals surface area contributed by atoms with Crippen LogP contribution in [0.2, 0.25) is 0 Å². The normalized spacial score (nSPS) is 9.42. The Morgan fingerprint density at radius 1 is 1.58 bits per heavy atom. The lowest BCUT2D eigenvalue weighted by atomic mass is 9.88. The molecular formula is C7H5B2NO2. The van der Waals surface area contributed by atoms with Gasteiger partial charge in [0, 0.05) is 6.20 Å². The van der Waals surface area contributed by atoms with Gasteiger partial charge in [-0.2, -0.15) is 0 Å². The zero-order valence-corrected chi connectivity index (χ0v) is 6.57. The molecule has 5 heteroatoms. The summed E-state index contributed by atoms with van der Waals surface area (Å²) in [5.74, 6) is -0.514. The highest BCUT2D eigenvalue weighted by Crippen LogP contribution is 1.92. The van der Waals surface area contributed by atoms with E-state index < -0.39 is 5.97 Å². The first-order chi connectivity index (χ1) is 5.65. The van der Waals surface area contributed by atoms with Crippen molar-refractivity contribution in [1.29, 1.82) is 0 Å². The molecule has 0 atom stereocenters.